The van der Waals surface area contributed by atoms with Crippen molar-refractivity contribution < 1.29 is 17.6 Å². The van der Waals surface area contributed by atoms with Gasteiger partial charge in [0.2, 0.25) is 0 Å². The van der Waals surface area contributed by atoms with Crippen LogP contribution in [0.3, 0.4) is 0 Å². The molecule has 0 radical (unpaired) electrons. The minimum absolute atomic E-state index is 0.121. The lowest BCUT2D eigenvalue weighted by Crippen LogP contribution is -2.11. The summed E-state index contributed by atoms with van der Waals surface area (Å²) in [5, 5.41) is 6.80. The first-order valence-corrected chi connectivity index (χ1v) is 6.53. The van der Waals surface area contributed by atoms with Crippen molar-refractivity contribution in [3.63, 3.8) is 0 Å². The van der Waals surface area contributed by atoms with Gasteiger partial charge in [0.05, 0.1) is 23.0 Å². The largest absolute Gasteiger partial charge is 0.374 e. The smallest absolute Gasteiger partial charge is 0.185 e. The highest BCUT2D eigenvalue weighted by Crippen LogP contribution is 2.26. The number of anilines is 1. The lowest BCUT2D eigenvalue weighted by Gasteiger charge is -2.11. The van der Waals surface area contributed by atoms with Crippen molar-refractivity contribution in [2.24, 2.45) is 0 Å². The SMILES string of the molecule is CCn1nc(C)c(Cl)c1CNc1c(F)c(F)cc(F)c1F. The fourth-order valence-corrected chi connectivity index (χ4v) is 2.14. The molecule has 0 spiro atoms. The van der Waals surface area contributed by atoms with Gasteiger partial charge in [0.1, 0.15) is 5.69 Å². The van der Waals surface area contributed by atoms with Crippen LogP contribution in [0.25, 0.3) is 0 Å². The molecule has 0 aliphatic carbocycles. The summed E-state index contributed by atoms with van der Waals surface area (Å²) in [6.07, 6.45) is 0. The van der Waals surface area contributed by atoms with Crippen LogP contribution < -0.4 is 5.32 Å². The summed E-state index contributed by atoms with van der Waals surface area (Å²) < 4.78 is 54.8. The number of benzene rings is 1. The number of halogens is 5. The van der Waals surface area contributed by atoms with E-state index in [2.05, 4.69) is 10.4 Å². The zero-order valence-corrected chi connectivity index (χ0v) is 12.0. The maximum atomic E-state index is 13.5. The Morgan fingerprint density at radius 1 is 1.19 bits per heavy atom. The van der Waals surface area contributed by atoms with E-state index in [1.165, 1.54) is 4.68 Å². The van der Waals surface area contributed by atoms with Gasteiger partial charge in [0.25, 0.3) is 0 Å². The highest BCUT2D eigenvalue weighted by molar-refractivity contribution is 6.31. The van der Waals surface area contributed by atoms with Gasteiger partial charge in [-0.15, -0.1) is 0 Å². The molecule has 21 heavy (non-hydrogen) atoms. The Morgan fingerprint density at radius 3 is 2.29 bits per heavy atom. The number of aromatic nitrogens is 2. The average molecular weight is 322 g/mol. The van der Waals surface area contributed by atoms with Gasteiger partial charge in [-0.2, -0.15) is 5.10 Å². The minimum Gasteiger partial charge on any atom is -0.374 e. The van der Waals surface area contributed by atoms with Crippen molar-refractivity contribution >= 4 is 17.3 Å². The topological polar surface area (TPSA) is 29.9 Å². The second-order valence-corrected chi connectivity index (χ2v) is 4.74. The van der Waals surface area contributed by atoms with E-state index in [-0.39, 0.29) is 12.6 Å². The first-order chi connectivity index (χ1) is 9.86. The Kier molecular flexibility index (Phi) is 4.41. The molecule has 1 N–H and O–H groups in total. The number of aryl methyl sites for hydroxylation is 2. The molecule has 0 fully saturated rings. The van der Waals surface area contributed by atoms with E-state index in [4.69, 9.17) is 11.6 Å². The van der Waals surface area contributed by atoms with Crippen LogP contribution in [0.5, 0.6) is 0 Å². The highest BCUT2D eigenvalue weighted by atomic mass is 35.5. The third-order valence-corrected chi connectivity index (χ3v) is 3.49. The molecule has 0 unspecified atom stereocenters. The van der Waals surface area contributed by atoms with Gasteiger partial charge in [-0.1, -0.05) is 11.6 Å². The molecule has 0 aliphatic heterocycles. The van der Waals surface area contributed by atoms with E-state index in [0.29, 0.717) is 23.0 Å². The molecule has 0 aliphatic rings. The van der Waals surface area contributed by atoms with Gasteiger partial charge in [-0.3, -0.25) is 4.68 Å². The van der Waals surface area contributed by atoms with E-state index in [1.807, 2.05) is 6.92 Å². The highest BCUT2D eigenvalue weighted by Gasteiger charge is 2.20. The summed E-state index contributed by atoms with van der Waals surface area (Å²) in [5.74, 6) is -5.90. The molecule has 0 saturated heterocycles. The molecular weight excluding hydrogens is 310 g/mol. The lowest BCUT2D eigenvalue weighted by molar-refractivity contribution is 0.458. The fraction of sp³-hybridized carbons (Fsp3) is 0.308. The van der Waals surface area contributed by atoms with E-state index in [0.717, 1.165) is 0 Å². The van der Waals surface area contributed by atoms with Gasteiger partial charge in [-0.25, -0.2) is 17.6 Å². The van der Waals surface area contributed by atoms with E-state index < -0.39 is 29.0 Å². The maximum absolute atomic E-state index is 13.5. The monoisotopic (exact) mass is 321 g/mol. The maximum Gasteiger partial charge on any atom is 0.185 e. The summed E-state index contributed by atoms with van der Waals surface area (Å²) in [6.45, 7) is 3.87. The van der Waals surface area contributed by atoms with Crippen molar-refractivity contribution in [3.05, 3.63) is 45.7 Å². The van der Waals surface area contributed by atoms with E-state index in [1.54, 1.807) is 6.92 Å². The van der Waals surface area contributed by atoms with Crippen LogP contribution in [-0.4, -0.2) is 9.78 Å². The number of hydrogen-bond acceptors (Lipinski definition) is 2. The average Bonchev–Trinajstić information content (AvgIpc) is 2.72. The zero-order chi connectivity index (χ0) is 15.7. The second-order valence-electron chi connectivity index (χ2n) is 4.36. The molecular formula is C13H12ClF4N3. The predicted octanol–water partition coefficient (Wildman–Crippen LogP) is 4.03. The Morgan fingerprint density at radius 2 is 1.76 bits per heavy atom. The molecule has 0 amide bonds. The first-order valence-electron chi connectivity index (χ1n) is 6.15. The zero-order valence-electron chi connectivity index (χ0n) is 11.3. The van der Waals surface area contributed by atoms with Crippen molar-refractivity contribution in [2.45, 2.75) is 26.9 Å². The van der Waals surface area contributed by atoms with Crippen LogP contribution >= 0.6 is 11.6 Å². The molecule has 0 saturated carbocycles. The molecule has 1 aromatic heterocycles. The molecule has 1 heterocycles. The van der Waals surface area contributed by atoms with E-state index in [9.17, 15) is 17.6 Å². The molecule has 0 atom stereocenters. The summed E-state index contributed by atoms with van der Waals surface area (Å²) in [7, 11) is 0. The van der Waals surface area contributed by atoms with Crippen molar-refractivity contribution in [1.82, 2.24) is 9.78 Å². The predicted molar refractivity (Wildman–Crippen MR) is 71.2 cm³/mol. The van der Waals surface area contributed by atoms with Crippen molar-refractivity contribution in [3.8, 4) is 0 Å². The van der Waals surface area contributed by atoms with Gasteiger partial charge < -0.3 is 5.32 Å². The number of hydrogen-bond donors (Lipinski definition) is 1. The van der Waals surface area contributed by atoms with Crippen molar-refractivity contribution in [2.75, 3.05) is 5.32 Å². The minimum atomic E-state index is -1.48. The second kappa shape index (κ2) is 5.93. The Hall–Kier alpha value is -1.76. The fourth-order valence-electron chi connectivity index (χ4n) is 1.94. The molecule has 2 aromatic rings. The van der Waals surface area contributed by atoms with Gasteiger partial charge in [0, 0.05) is 12.6 Å². The third-order valence-electron chi connectivity index (χ3n) is 3.00. The first kappa shape index (κ1) is 15.6. The molecule has 114 valence electrons. The summed E-state index contributed by atoms with van der Waals surface area (Å²) in [6, 6.07) is 0.156. The Balaban J connectivity index is 2.33. The van der Waals surface area contributed by atoms with E-state index >= 15 is 0 Å². The van der Waals surface area contributed by atoms with Crippen LogP contribution in [0.4, 0.5) is 23.2 Å². The van der Waals surface area contributed by atoms with Crippen LogP contribution in [0.1, 0.15) is 18.3 Å². The van der Waals surface area contributed by atoms with Crippen LogP contribution in [0.15, 0.2) is 6.07 Å². The third kappa shape index (κ3) is 2.83. The number of nitrogens with zero attached hydrogens (tertiary/aromatic N) is 2. The Labute approximate surface area is 123 Å². The Bertz CT molecular complexity index is 659. The molecule has 0 bridgehead atoms. The number of rotatable bonds is 4. The molecule has 2 rings (SSSR count). The quantitative estimate of drug-likeness (QED) is 0.680. The molecule has 3 nitrogen and oxygen atoms in total. The van der Waals surface area contributed by atoms with Gasteiger partial charge in [0.15, 0.2) is 23.3 Å². The summed E-state index contributed by atoms with van der Waals surface area (Å²) >= 11 is 6.04. The molecule has 1 aromatic carbocycles. The summed E-state index contributed by atoms with van der Waals surface area (Å²) in [4.78, 5) is 0. The lowest BCUT2D eigenvalue weighted by atomic mass is 10.2. The normalized spacial score (nSPS) is 11.0. The standard InChI is InChI=1S/C13H12ClF4N3/c1-3-21-9(10(14)6(2)20-21)5-19-13-11(17)7(15)4-8(16)12(13)18/h4,19H,3,5H2,1-2H3. The van der Waals surface area contributed by atoms with Crippen LogP contribution in [0.2, 0.25) is 5.02 Å². The van der Waals surface area contributed by atoms with Crippen LogP contribution in [0, 0.1) is 30.2 Å². The molecule has 8 heteroatoms. The van der Waals surface area contributed by atoms with Crippen LogP contribution in [-0.2, 0) is 13.1 Å². The van der Waals surface area contributed by atoms with Gasteiger partial charge in [-0.05, 0) is 13.8 Å². The number of nitrogens with one attached hydrogen (secondary N) is 1. The van der Waals surface area contributed by atoms with Gasteiger partial charge >= 0.3 is 0 Å². The van der Waals surface area contributed by atoms with Crippen molar-refractivity contribution in [1.29, 1.82) is 0 Å². The summed E-state index contributed by atoms with van der Waals surface area (Å²) in [5.41, 5.74) is 0.159.